The van der Waals surface area contributed by atoms with Gasteiger partial charge < -0.3 is 10.1 Å². The highest BCUT2D eigenvalue weighted by molar-refractivity contribution is 5.52. The van der Waals surface area contributed by atoms with Crippen LogP contribution in [0.3, 0.4) is 0 Å². The Kier molecular flexibility index (Phi) is 3.81. The Morgan fingerprint density at radius 1 is 1.26 bits per heavy atom. The van der Waals surface area contributed by atoms with Crippen molar-refractivity contribution in [3.63, 3.8) is 0 Å². The zero-order valence-corrected chi connectivity index (χ0v) is 11.9. The SMILES string of the molecule is COc1c(C)c(C)cc(C)c1C(F)(F)C1CCCN1. The van der Waals surface area contributed by atoms with Gasteiger partial charge in [0.1, 0.15) is 5.75 Å². The summed E-state index contributed by atoms with van der Waals surface area (Å²) < 4.78 is 34.8. The minimum atomic E-state index is -2.90. The fourth-order valence-corrected chi connectivity index (χ4v) is 2.89. The number of hydrogen-bond acceptors (Lipinski definition) is 2. The van der Waals surface area contributed by atoms with E-state index in [0.29, 0.717) is 24.3 Å². The van der Waals surface area contributed by atoms with Gasteiger partial charge in [-0.05, 0) is 56.8 Å². The Morgan fingerprint density at radius 3 is 2.47 bits per heavy atom. The molecule has 1 aliphatic heterocycles. The standard InChI is InChI=1S/C15H21F2NO/c1-9-8-10(2)13(14(19-4)11(9)3)15(16,17)12-6-5-7-18-12/h8,12,18H,5-7H2,1-4H3. The fourth-order valence-electron chi connectivity index (χ4n) is 2.89. The zero-order chi connectivity index (χ0) is 14.2. The first-order valence-electron chi connectivity index (χ1n) is 6.66. The second-order valence-corrected chi connectivity index (χ2v) is 5.32. The van der Waals surface area contributed by atoms with Gasteiger partial charge in [0, 0.05) is 0 Å². The van der Waals surface area contributed by atoms with Gasteiger partial charge in [0.05, 0.1) is 18.7 Å². The van der Waals surface area contributed by atoms with Crippen molar-refractivity contribution in [2.75, 3.05) is 13.7 Å². The molecule has 1 aromatic rings. The fraction of sp³-hybridized carbons (Fsp3) is 0.600. The number of aryl methyl sites for hydroxylation is 2. The molecule has 1 aliphatic rings. The summed E-state index contributed by atoms with van der Waals surface area (Å²) in [6, 6.07) is 1.03. The van der Waals surface area contributed by atoms with Crippen molar-refractivity contribution >= 4 is 0 Å². The van der Waals surface area contributed by atoms with Gasteiger partial charge in [-0.25, -0.2) is 0 Å². The maximum Gasteiger partial charge on any atom is 0.292 e. The average molecular weight is 269 g/mol. The van der Waals surface area contributed by atoms with Gasteiger partial charge in [-0.1, -0.05) is 6.07 Å². The van der Waals surface area contributed by atoms with Crippen molar-refractivity contribution in [2.45, 2.75) is 45.6 Å². The van der Waals surface area contributed by atoms with E-state index in [0.717, 1.165) is 17.5 Å². The maximum absolute atomic E-state index is 14.7. The van der Waals surface area contributed by atoms with Crippen LogP contribution >= 0.6 is 0 Å². The molecule has 0 saturated carbocycles. The highest BCUT2D eigenvalue weighted by atomic mass is 19.3. The summed E-state index contributed by atoms with van der Waals surface area (Å²) >= 11 is 0. The lowest BCUT2D eigenvalue weighted by Gasteiger charge is -2.28. The highest BCUT2D eigenvalue weighted by Crippen LogP contribution is 2.44. The molecule has 106 valence electrons. The lowest BCUT2D eigenvalue weighted by atomic mass is 9.91. The van der Waals surface area contributed by atoms with Crippen LogP contribution in [0.5, 0.6) is 5.75 Å². The van der Waals surface area contributed by atoms with E-state index in [2.05, 4.69) is 5.32 Å². The average Bonchev–Trinajstić information content (AvgIpc) is 2.87. The largest absolute Gasteiger partial charge is 0.496 e. The second-order valence-electron chi connectivity index (χ2n) is 5.32. The Balaban J connectivity index is 2.57. The summed E-state index contributed by atoms with van der Waals surface area (Å²) in [6.45, 7) is 6.13. The van der Waals surface area contributed by atoms with Crippen molar-refractivity contribution in [1.29, 1.82) is 0 Å². The van der Waals surface area contributed by atoms with Crippen LogP contribution in [-0.4, -0.2) is 19.7 Å². The summed E-state index contributed by atoms with van der Waals surface area (Å²) in [5.74, 6) is -2.57. The molecule has 1 N–H and O–H groups in total. The van der Waals surface area contributed by atoms with E-state index >= 15 is 0 Å². The molecule has 2 nitrogen and oxygen atoms in total. The molecule has 1 unspecified atom stereocenters. The molecule has 1 heterocycles. The molecule has 0 radical (unpaired) electrons. The van der Waals surface area contributed by atoms with Crippen molar-refractivity contribution in [2.24, 2.45) is 0 Å². The number of alkyl halides is 2. The zero-order valence-electron chi connectivity index (χ0n) is 11.9. The number of benzene rings is 1. The predicted molar refractivity (Wildman–Crippen MR) is 72.1 cm³/mol. The van der Waals surface area contributed by atoms with Gasteiger partial charge in [-0.15, -0.1) is 0 Å². The molecule has 1 aromatic carbocycles. The Labute approximate surface area is 113 Å². The van der Waals surface area contributed by atoms with Gasteiger partial charge in [-0.3, -0.25) is 0 Å². The number of nitrogens with one attached hydrogen (secondary N) is 1. The lowest BCUT2D eigenvalue weighted by molar-refractivity contribution is -0.0400. The smallest absolute Gasteiger partial charge is 0.292 e. The molecule has 0 bridgehead atoms. The first-order chi connectivity index (χ1) is 8.89. The molecule has 0 aromatic heterocycles. The van der Waals surface area contributed by atoms with E-state index in [-0.39, 0.29) is 5.56 Å². The van der Waals surface area contributed by atoms with Crippen LogP contribution in [0.2, 0.25) is 0 Å². The summed E-state index contributed by atoms with van der Waals surface area (Å²) in [5.41, 5.74) is 2.41. The highest BCUT2D eigenvalue weighted by Gasteiger charge is 2.46. The van der Waals surface area contributed by atoms with Crippen LogP contribution in [0.1, 0.15) is 35.1 Å². The van der Waals surface area contributed by atoms with Crippen LogP contribution < -0.4 is 10.1 Å². The molecule has 4 heteroatoms. The van der Waals surface area contributed by atoms with Crippen molar-refractivity contribution in [3.05, 3.63) is 28.3 Å². The van der Waals surface area contributed by atoms with Crippen LogP contribution in [0.25, 0.3) is 0 Å². The minimum Gasteiger partial charge on any atom is -0.496 e. The first-order valence-corrected chi connectivity index (χ1v) is 6.66. The first kappa shape index (κ1) is 14.3. The predicted octanol–water partition coefficient (Wildman–Crippen LogP) is 3.46. The summed E-state index contributed by atoms with van der Waals surface area (Å²) in [7, 11) is 1.46. The molecule has 0 spiro atoms. The molecular formula is C15H21F2NO. The van der Waals surface area contributed by atoms with Gasteiger partial charge in [0.15, 0.2) is 0 Å². The van der Waals surface area contributed by atoms with Crippen LogP contribution in [0.4, 0.5) is 8.78 Å². The number of rotatable bonds is 3. The lowest BCUT2D eigenvalue weighted by Crippen LogP contribution is -2.39. The van der Waals surface area contributed by atoms with E-state index in [4.69, 9.17) is 4.74 Å². The van der Waals surface area contributed by atoms with E-state index in [1.807, 2.05) is 19.9 Å². The second kappa shape index (κ2) is 5.08. The van der Waals surface area contributed by atoms with E-state index in [1.54, 1.807) is 6.92 Å². The Hall–Kier alpha value is -1.16. The third kappa shape index (κ3) is 2.34. The molecule has 2 rings (SSSR count). The Morgan fingerprint density at radius 2 is 1.95 bits per heavy atom. The van der Waals surface area contributed by atoms with Crippen molar-refractivity contribution in [3.8, 4) is 5.75 Å². The monoisotopic (exact) mass is 269 g/mol. The van der Waals surface area contributed by atoms with Crippen LogP contribution in [0, 0.1) is 20.8 Å². The van der Waals surface area contributed by atoms with Gasteiger partial charge in [0.25, 0.3) is 5.92 Å². The van der Waals surface area contributed by atoms with Crippen LogP contribution in [-0.2, 0) is 5.92 Å². The molecule has 1 fully saturated rings. The van der Waals surface area contributed by atoms with E-state index < -0.39 is 12.0 Å². The molecular weight excluding hydrogens is 248 g/mol. The summed E-state index contributed by atoms with van der Waals surface area (Å²) in [5, 5.41) is 2.90. The van der Waals surface area contributed by atoms with Crippen molar-refractivity contribution < 1.29 is 13.5 Å². The summed E-state index contributed by atoms with van der Waals surface area (Å²) in [6.07, 6.45) is 1.30. The minimum absolute atomic E-state index is 0.0394. The molecule has 19 heavy (non-hydrogen) atoms. The van der Waals surface area contributed by atoms with E-state index in [1.165, 1.54) is 7.11 Å². The summed E-state index contributed by atoms with van der Waals surface area (Å²) in [4.78, 5) is 0. The van der Waals surface area contributed by atoms with Gasteiger partial charge >= 0.3 is 0 Å². The van der Waals surface area contributed by atoms with Gasteiger partial charge in [0.2, 0.25) is 0 Å². The topological polar surface area (TPSA) is 21.3 Å². The molecule has 1 saturated heterocycles. The maximum atomic E-state index is 14.7. The Bertz CT molecular complexity index is 480. The van der Waals surface area contributed by atoms with E-state index in [9.17, 15) is 8.78 Å². The normalized spacial score (nSPS) is 19.8. The molecule has 0 amide bonds. The van der Waals surface area contributed by atoms with Crippen molar-refractivity contribution in [1.82, 2.24) is 5.32 Å². The van der Waals surface area contributed by atoms with Crippen LogP contribution in [0.15, 0.2) is 6.07 Å². The number of halogens is 2. The molecule has 1 atom stereocenters. The molecule has 0 aliphatic carbocycles. The number of methoxy groups -OCH3 is 1. The number of ether oxygens (including phenoxy) is 1. The number of hydrogen-bond donors (Lipinski definition) is 1. The third-order valence-corrected chi connectivity index (χ3v) is 4.02. The third-order valence-electron chi connectivity index (χ3n) is 4.02. The quantitative estimate of drug-likeness (QED) is 0.907. The van der Waals surface area contributed by atoms with Gasteiger partial charge in [-0.2, -0.15) is 8.78 Å².